The van der Waals surface area contributed by atoms with Crippen molar-refractivity contribution in [2.24, 2.45) is 0 Å². The number of hydrogen-bond donors (Lipinski definition) is 0. The van der Waals surface area contributed by atoms with Gasteiger partial charge in [0.05, 0.1) is 25.4 Å². The van der Waals surface area contributed by atoms with E-state index in [9.17, 15) is 4.39 Å². The van der Waals surface area contributed by atoms with Gasteiger partial charge in [-0.3, -0.25) is 9.67 Å². The molecule has 0 atom stereocenters. The van der Waals surface area contributed by atoms with E-state index in [2.05, 4.69) is 9.97 Å². The molecular weight excluding hydrogens is 419 g/mol. The third kappa shape index (κ3) is 3.87. The molecule has 0 spiro atoms. The number of para-hydroxylation sites is 1. The molecule has 3 heterocycles. The summed E-state index contributed by atoms with van der Waals surface area (Å²) in [4.78, 5) is 15.3. The van der Waals surface area contributed by atoms with Crippen molar-refractivity contribution in [1.82, 2.24) is 24.7 Å². The minimum absolute atomic E-state index is 0.263. The number of nitrogens with zero attached hydrogens (tertiary/aromatic N) is 6. The Morgan fingerprint density at radius 3 is 2.55 bits per heavy atom. The Hall–Kier alpha value is -4.33. The van der Waals surface area contributed by atoms with Gasteiger partial charge in [-0.05, 0) is 24.3 Å². The van der Waals surface area contributed by atoms with Crippen LogP contribution in [0.5, 0.6) is 5.75 Å². The van der Waals surface area contributed by atoms with E-state index < -0.39 is 0 Å². The highest BCUT2D eigenvalue weighted by Crippen LogP contribution is 2.33. The fraction of sp³-hybridized carbons (Fsp3) is 0.120. The van der Waals surface area contributed by atoms with Crippen LogP contribution in [0.1, 0.15) is 5.56 Å². The average Bonchev–Trinajstić information content (AvgIpc) is 3.23. The number of benzene rings is 2. The van der Waals surface area contributed by atoms with E-state index in [-0.39, 0.29) is 5.82 Å². The zero-order valence-corrected chi connectivity index (χ0v) is 18.2. The van der Waals surface area contributed by atoms with Crippen LogP contribution in [0, 0.1) is 5.82 Å². The molecule has 7 nitrogen and oxygen atoms in total. The average molecular weight is 440 g/mol. The molecule has 164 valence electrons. The van der Waals surface area contributed by atoms with E-state index in [4.69, 9.17) is 14.8 Å². The van der Waals surface area contributed by atoms with E-state index in [0.717, 1.165) is 16.6 Å². The molecule has 0 saturated carbocycles. The Morgan fingerprint density at radius 1 is 1.00 bits per heavy atom. The number of anilines is 2. The first-order valence-electron chi connectivity index (χ1n) is 10.4. The largest absolute Gasteiger partial charge is 0.491 e. The lowest BCUT2D eigenvalue weighted by Crippen LogP contribution is -2.13. The summed E-state index contributed by atoms with van der Waals surface area (Å²) in [5.41, 5.74) is 2.96. The van der Waals surface area contributed by atoms with E-state index in [1.165, 1.54) is 6.07 Å². The van der Waals surface area contributed by atoms with E-state index in [1.54, 1.807) is 42.5 Å². The van der Waals surface area contributed by atoms with Crippen LogP contribution in [0.3, 0.4) is 0 Å². The Kier molecular flexibility index (Phi) is 5.40. The van der Waals surface area contributed by atoms with Crippen LogP contribution >= 0.6 is 0 Å². The molecule has 8 heteroatoms. The quantitative estimate of drug-likeness (QED) is 0.376. The van der Waals surface area contributed by atoms with E-state index in [0.29, 0.717) is 35.2 Å². The summed E-state index contributed by atoms with van der Waals surface area (Å²) < 4.78 is 21.6. The molecule has 2 aromatic carbocycles. The van der Waals surface area contributed by atoms with Gasteiger partial charge in [0.2, 0.25) is 0 Å². The summed E-state index contributed by atoms with van der Waals surface area (Å²) in [6.45, 7) is 0.299. The second-order valence-corrected chi connectivity index (χ2v) is 7.46. The van der Waals surface area contributed by atoms with Gasteiger partial charge >= 0.3 is 0 Å². The van der Waals surface area contributed by atoms with E-state index in [1.807, 2.05) is 54.4 Å². The maximum absolute atomic E-state index is 14.3. The monoisotopic (exact) mass is 440 g/mol. The number of ether oxygens (including phenoxy) is 1. The molecule has 0 saturated heterocycles. The zero-order valence-electron chi connectivity index (χ0n) is 18.2. The molecule has 0 aliphatic carbocycles. The predicted octanol–water partition coefficient (Wildman–Crippen LogP) is 4.85. The van der Waals surface area contributed by atoms with Crippen LogP contribution in [-0.4, -0.2) is 38.9 Å². The molecule has 0 aliphatic heterocycles. The van der Waals surface area contributed by atoms with Gasteiger partial charge < -0.3 is 9.64 Å². The molecule has 0 bridgehead atoms. The van der Waals surface area contributed by atoms with Gasteiger partial charge in [0.15, 0.2) is 17.4 Å². The van der Waals surface area contributed by atoms with Crippen LogP contribution in [0.2, 0.25) is 0 Å². The molecule has 0 N–H and O–H groups in total. The lowest BCUT2D eigenvalue weighted by Gasteiger charge is -2.20. The number of pyridine rings is 1. The summed E-state index contributed by atoms with van der Waals surface area (Å²) in [6, 6.07) is 18.3. The second kappa shape index (κ2) is 8.66. The summed E-state index contributed by atoms with van der Waals surface area (Å²) in [5.74, 6) is 1.32. The Balaban J connectivity index is 1.62. The summed E-state index contributed by atoms with van der Waals surface area (Å²) >= 11 is 0. The van der Waals surface area contributed by atoms with Gasteiger partial charge in [-0.1, -0.05) is 36.4 Å². The molecule has 0 aliphatic rings. The number of fused-ring (bicyclic) bond motifs is 1. The third-order valence-corrected chi connectivity index (χ3v) is 5.47. The first-order chi connectivity index (χ1) is 16.2. The van der Waals surface area contributed by atoms with Crippen LogP contribution in [0.15, 0.2) is 79.3 Å². The SMILES string of the molecule is COc1cnc(-c2nn(Cc3ccccc3F)c3ccccc23)nc1N(C)c1ccncc1. The number of halogens is 1. The number of rotatable bonds is 6. The highest BCUT2D eigenvalue weighted by molar-refractivity contribution is 5.92. The van der Waals surface area contributed by atoms with Crippen molar-refractivity contribution in [2.45, 2.75) is 6.54 Å². The molecular formula is C25H21FN6O. The fourth-order valence-electron chi connectivity index (χ4n) is 3.75. The van der Waals surface area contributed by atoms with Gasteiger partial charge in [0.25, 0.3) is 0 Å². The van der Waals surface area contributed by atoms with Gasteiger partial charge in [-0.15, -0.1) is 0 Å². The maximum atomic E-state index is 14.3. The van der Waals surface area contributed by atoms with Crippen molar-refractivity contribution in [3.8, 4) is 17.3 Å². The zero-order chi connectivity index (χ0) is 22.8. The second-order valence-electron chi connectivity index (χ2n) is 7.46. The number of methoxy groups -OCH3 is 1. The van der Waals surface area contributed by atoms with Crippen LogP contribution in [-0.2, 0) is 6.54 Å². The van der Waals surface area contributed by atoms with Crippen molar-refractivity contribution < 1.29 is 9.13 Å². The highest BCUT2D eigenvalue weighted by atomic mass is 19.1. The first-order valence-corrected chi connectivity index (χ1v) is 10.4. The lowest BCUT2D eigenvalue weighted by atomic mass is 10.2. The van der Waals surface area contributed by atoms with Gasteiger partial charge in [-0.25, -0.2) is 14.4 Å². The Bertz CT molecular complexity index is 1420. The number of aromatic nitrogens is 5. The summed E-state index contributed by atoms with van der Waals surface area (Å²) in [6.07, 6.45) is 5.08. The molecule has 0 unspecified atom stereocenters. The molecule has 0 amide bonds. The standard InChI is InChI=1S/C25H21FN6O/c1-31(18-11-13-27-14-12-18)25-22(33-2)15-28-24(29-25)23-19-8-4-6-10-21(19)32(30-23)16-17-7-3-5-9-20(17)26/h3-15H,16H2,1-2H3. The van der Waals surface area contributed by atoms with Crippen LogP contribution in [0.4, 0.5) is 15.9 Å². The first kappa shape index (κ1) is 20.6. The Labute approximate surface area is 190 Å². The normalized spacial score (nSPS) is 11.0. The van der Waals surface area contributed by atoms with Crippen LogP contribution in [0.25, 0.3) is 22.4 Å². The molecule has 33 heavy (non-hydrogen) atoms. The van der Waals surface area contributed by atoms with Crippen molar-refractivity contribution >= 4 is 22.4 Å². The van der Waals surface area contributed by atoms with Gasteiger partial charge in [-0.2, -0.15) is 5.10 Å². The minimum atomic E-state index is -0.263. The summed E-state index contributed by atoms with van der Waals surface area (Å²) in [5, 5.41) is 5.67. The summed E-state index contributed by atoms with van der Waals surface area (Å²) in [7, 11) is 3.49. The van der Waals surface area contributed by atoms with Crippen molar-refractivity contribution in [3.63, 3.8) is 0 Å². The number of hydrogen-bond acceptors (Lipinski definition) is 6. The topological polar surface area (TPSA) is 69.0 Å². The smallest absolute Gasteiger partial charge is 0.183 e. The lowest BCUT2D eigenvalue weighted by molar-refractivity contribution is 0.412. The Morgan fingerprint density at radius 2 is 1.76 bits per heavy atom. The van der Waals surface area contributed by atoms with Crippen molar-refractivity contribution in [3.05, 3.63) is 90.6 Å². The van der Waals surface area contributed by atoms with Crippen molar-refractivity contribution in [2.75, 3.05) is 19.1 Å². The van der Waals surface area contributed by atoms with Crippen LogP contribution < -0.4 is 9.64 Å². The highest BCUT2D eigenvalue weighted by Gasteiger charge is 2.19. The third-order valence-electron chi connectivity index (χ3n) is 5.47. The predicted molar refractivity (Wildman–Crippen MR) is 125 cm³/mol. The van der Waals surface area contributed by atoms with Crippen molar-refractivity contribution in [1.29, 1.82) is 0 Å². The molecule has 3 aromatic heterocycles. The molecule has 0 fully saturated rings. The molecule has 5 aromatic rings. The fourth-order valence-corrected chi connectivity index (χ4v) is 3.75. The minimum Gasteiger partial charge on any atom is -0.491 e. The maximum Gasteiger partial charge on any atom is 0.183 e. The molecule has 0 radical (unpaired) electrons. The van der Waals surface area contributed by atoms with E-state index >= 15 is 0 Å². The van der Waals surface area contributed by atoms with Gasteiger partial charge in [0, 0.05) is 36.1 Å². The van der Waals surface area contributed by atoms with Gasteiger partial charge in [0.1, 0.15) is 11.5 Å². The molecule has 5 rings (SSSR count).